The number of hydrogen-bond donors (Lipinski definition) is 0. The van der Waals surface area contributed by atoms with Crippen molar-refractivity contribution in [2.24, 2.45) is 46.3 Å². The van der Waals surface area contributed by atoms with Crippen molar-refractivity contribution in [2.45, 2.75) is 98.0 Å². The van der Waals surface area contributed by atoms with E-state index in [1.165, 1.54) is 26.9 Å². The summed E-state index contributed by atoms with van der Waals surface area (Å²) in [6, 6.07) is 0. The first-order valence-corrected chi connectivity index (χ1v) is 12.9. The molecule has 5 heteroatoms. The van der Waals surface area contributed by atoms with Crippen molar-refractivity contribution in [3.8, 4) is 0 Å². The zero-order valence-corrected chi connectivity index (χ0v) is 20.7. The largest absolute Gasteiger partial charge is 0.469 e. The molecule has 4 fully saturated rings. The lowest BCUT2D eigenvalue weighted by atomic mass is 9.44. The van der Waals surface area contributed by atoms with Gasteiger partial charge in [0.2, 0.25) is 0 Å². The molecule has 0 unspecified atom stereocenters. The zero-order valence-electron chi connectivity index (χ0n) is 20.7. The van der Waals surface area contributed by atoms with Crippen LogP contribution < -0.4 is 0 Å². The van der Waals surface area contributed by atoms with Gasteiger partial charge in [0.1, 0.15) is 11.9 Å². The Hall–Kier alpha value is -1.39. The molecule has 4 aliphatic rings. The lowest BCUT2D eigenvalue weighted by Crippen LogP contribution is -2.58. The topological polar surface area (TPSA) is 69.7 Å². The molecule has 0 heterocycles. The second-order valence-corrected chi connectivity index (χ2v) is 12.0. The summed E-state index contributed by atoms with van der Waals surface area (Å²) in [5.74, 6) is 2.85. The van der Waals surface area contributed by atoms with Crippen LogP contribution in [0.15, 0.2) is 0 Å². The van der Waals surface area contributed by atoms with Crippen molar-refractivity contribution in [3.63, 3.8) is 0 Å². The Morgan fingerprint density at radius 3 is 2.53 bits per heavy atom. The quantitative estimate of drug-likeness (QED) is 0.533. The third-order valence-electron chi connectivity index (χ3n) is 10.4. The first kappa shape index (κ1) is 23.8. The van der Waals surface area contributed by atoms with E-state index in [0.29, 0.717) is 48.2 Å². The normalized spacial score (nSPS) is 44.1. The zero-order chi connectivity index (χ0) is 23.3. The lowest BCUT2D eigenvalue weighted by Gasteiger charge is -2.60. The van der Waals surface area contributed by atoms with Gasteiger partial charge in [-0.1, -0.05) is 20.8 Å². The number of carbonyl (C=O) groups excluding carboxylic acids is 3. The van der Waals surface area contributed by atoms with Crippen LogP contribution >= 0.6 is 0 Å². The van der Waals surface area contributed by atoms with Crippen LogP contribution in [0.1, 0.15) is 91.9 Å². The molecular formula is C27H42O5. The van der Waals surface area contributed by atoms with Crippen molar-refractivity contribution in [1.29, 1.82) is 0 Å². The second-order valence-electron chi connectivity index (χ2n) is 12.0. The second kappa shape index (κ2) is 8.76. The van der Waals surface area contributed by atoms with Crippen LogP contribution in [-0.4, -0.2) is 30.9 Å². The molecule has 0 aromatic rings. The highest BCUT2D eigenvalue weighted by atomic mass is 16.5. The Morgan fingerprint density at radius 2 is 1.84 bits per heavy atom. The molecule has 0 aromatic carbocycles. The maximum atomic E-state index is 13.8. The van der Waals surface area contributed by atoms with Gasteiger partial charge in [0, 0.05) is 25.7 Å². The summed E-state index contributed by atoms with van der Waals surface area (Å²) in [5.41, 5.74) is 0.110. The number of rotatable bonds is 5. The van der Waals surface area contributed by atoms with Crippen LogP contribution in [0.2, 0.25) is 0 Å². The Bertz CT molecular complexity index is 761. The number of ether oxygens (including phenoxy) is 2. The molecule has 0 aromatic heterocycles. The Morgan fingerprint density at radius 1 is 1.09 bits per heavy atom. The number of fused-ring (bicyclic) bond motifs is 5. The van der Waals surface area contributed by atoms with Crippen LogP contribution in [0.25, 0.3) is 0 Å². The van der Waals surface area contributed by atoms with E-state index in [4.69, 9.17) is 9.47 Å². The van der Waals surface area contributed by atoms with Gasteiger partial charge in [-0.15, -0.1) is 0 Å². The van der Waals surface area contributed by atoms with Gasteiger partial charge in [0.15, 0.2) is 0 Å². The van der Waals surface area contributed by atoms with Crippen LogP contribution in [0.5, 0.6) is 0 Å². The van der Waals surface area contributed by atoms with Crippen molar-refractivity contribution in [2.75, 3.05) is 7.11 Å². The van der Waals surface area contributed by atoms with Gasteiger partial charge < -0.3 is 9.47 Å². The van der Waals surface area contributed by atoms with Gasteiger partial charge in [-0.2, -0.15) is 0 Å². The Balaban J connectivity index is 1.50. The molecule has 0 bridgehead atoms. The van der Waals surface area contributed by atoms with Gasteiger partial charge in [-0.25, -0.2) is 0 Å². The average Bonchev–Trinajstić information content (AvgIpc) is 3.07. The molecule has 0 amide bonds. The molecule has 180 valence electrons. The molecule has 9 atom stereocenters. The molecule has 4 aliphatic carbocycles. The van der Waals surface area contributed by atoms with E-state index < -0.39 is 0 Å². The summed E-state index contributed by atoms with van der Waals surface area (Å²) < 4.78 is 10.4. The highest BCUT2D eigenvalue weighted by Gasteiger charge is 2.63. The van der Waals surface area contributed by atoms with Gasteiger partial charge in [-0.3, -0.25) is 14.4 Å². The summed E-state index contributed by atoms with van der Waals surface area (Å²) >= 11 is 0. The van der Waals surface area contributed by atoms with Crippen molar-refractivity contribution < 1.29 is 23.9 Å². The average molecular weight is 447 g/mol. The van der Waals surface area contributed by atoms with Crippen LogP contribution in [0, 0.1) is 46.3 Å². The van der Waals surface area contributed by atoms with E-state index in [9.17, 15) is 14.4 Å². The lowest BCUT2D eigenvalue weighted by molar-refractivity contribution is -0.169. The first-order chi connectivity index (χ1) is 15.1. The molecule has 0 N–H and O–H groups in total. The SMILES string of the molecule is COC(=O)CC[C@@H](C)[C@H]1CC[C@H]2[C@@H]3CC[C@@H]4C[C@@H](OC(C)=O)CC[C@]4(C)[C@H]3C(=O)C[C@]12C. The fraction of sp³-hybridized carbons (Fsp3) is 0.889. The molecule has 4 rings (SSSR count). The standard InChI is InChI=1S/C27H42O5/c1-16(6-11-24(30)31-5)21-9-10-22-20-8-7-18-14-19(32-17(2)28)12-13-26(18,3)25(20)23(29)15-27(21,22)4/h16,18-22,25H,6-15H2,1-5H3/t16-,18-,19+,20+,21-,22+,25-,26+,27-/m1/s1. The van der Waals surface area contributed by atoms with E-state index in [-0.39, 0.29) is 34.8 Å². The number of hydrogen-bond acceptors (Lipinski definition) is 5. The van der Waals surface area contributed by atoms with Gasteiger partial charge >= 0.3 is 11.9 Å². The van der Waals surface area contributed by atoms with Crippen LogP contribution in [0.4, 0.5) is 0 Å². The summed E-state index contributed by atoms with van der Waals surface area (Å²) in [5, 5.41) is 0. The molecule has 0 spiro atoms. The highest BCUT2D eigenvalue weighted by Crippen LogP contribution is 2.67. The van der Waals surface area contributed by atoms with Crippen LogP contribution in [0.3, 0.4) is 0 Å². The number of Topliss-reactive ketones (excluding diaryl/α,β-unsaturated/α-hetero) is 1. The number of esters is 2. The molecule has 0 saturated heterocycles. The van der Waals surface area contributed by atoms with E-state index >= 15 is 0 Å². The third kappa shape index (κ3) is 3.92. The number of ketones is 1. The van der Waals surface area contributed by atoms with Gasteiger partial charge in [0.05, 0.1) is 7.11 Å². The van der Waals surface area contributed by atoms with Crippen molar-refractivity contribution in [1.82, 2.24) is 0 Å². The third-order valence-corrected chi connectivity index (χ3v) is 10.4. The van der Waals surface area contributed by atoms with E-state index in [2.05, 4.69) is 20.8 Å². The molecule has 32 heavy (non-hydrogen) atoms. The fourth-order valence-electron chi connectivity index (χ4n) is 9.00. The van der Waals surface area contributed by atoms with Gasteiger partial charge in [-0.05, 0) is 91.8 Å². The first-order valence-electron chi connectivity index (χ1n) is 12.9. The summed E-state index contributed by atoms with van der Waals surface area (Å²) in [6.45, 7) is 8.51. The molecule has 0 aliphatic heterocycles. The fourth-order valence-corrected chi connectivity index (χ4v) is 9.00. The minimum atomic E-state index is -0.185. The molecule has 0 radical (unpaired) electrons. The van der Waals surface area contributed by atoms with E-state index in [1.54, 1.807) is 0 Å². The number of carbonyl (C=O) groups is 3. The van der Waals surface area contributed by atoms with E-state index in [0.717, 1.165) is 38.5 Å². The molecule has 4 saturated carbocycles. The Labute approximate surface area is 193 Å². The highest BCUT2D eigenvalue weighted by molar-refractivity contribution is 5.84. The Kier molecular flexibility index (Phi) is 6.50. The minimum Gasteiger partial charge on any atom is -0.469 e. The number of methoxy groups -OCH3 is 1. The molecular weight excluding hydrogens is 404 g/mol. The predicted octanol–water partition coefficient (Wildman–Crippen LogP) is 5.35. The maximum absolute atomic E-state index is 13.8. The summed E-state index contributed by atoms with van der Waals surface area (Å²) in [4.78, 5) is 37.0. The molecule has 5 nitrogen and oxygen atoms in total. The maximum Gasteiger partial charge on any atom is 0.305 e. The van der Waals surface area contributed by atoms with Crippen LogP contribution in [-0.2, 0) is 23.9 Å². The van der Waals surface area contributed by atoms with Gasteiger partial charge in [0.25, 0.3) is 0 Å². The smallest absolute Gasteiger partial charge is 0.305 e. The van der Waals surface area contributed by atoms with Crippen molar-refractivity contribution >= 4 is 17.7 Å². The van der Waals surface area contributed by atoms with Crippen molar-refractivity contribution in [3.05, 3.63) is 0 Å². The summed E-state index contributed by atoms with van der Waals surface area (Å²) in [6.07, 6.45) is 9.51. The monoisotopic (exact) mass is 446 g/mol. The minimum absolute atomic E-state index is 0.0256. The summed E-state index contributed by atoms with van der Waals surface area (Å²) in [7, 11) is 1.45. The van der Waals surface area contributed by atoms with E-state index in [1.807, 2.05) is 0 Å². The predicted molar refractivity (Wildman–Crippen MR) is 122 cm³/mol.